The lowest BCUT2D eigenvalue weighted by atomic mass is 10.2. The number of benzene rings is 2. The van der Waals surface area contributed by atoms with Gasteiger partial charge in [0.25, 0.3) is 5.56 Å². The molecule has 0 fully saturated rings. The first-order valence-electron chi connectivity index (χ1n) is 9.14. The maximum atomic E-state index is 13.3. The summed E-state index contributed by atoms with van der Waals surface area (Å²) in [5.74, 6) is -0.729. The summed E-state index contributed by atoms with van der Waals surface area (Å²) in [6.07, 6.45) is 1.65. The minimum Gasteiger partial charge on any atom is -0.338 e. The number of rotatable bonds is 4. The molecular formula is C22H19FN4O2. The number of aromatic nitrogens is 3. The number of amides is 1. The highest BCUT2D eigenvalue weighted by Crippen LogP contribution is 2.22. The second-order valence-electron chi connectivity index (χ2n) is 6.80. The van der Waals surface area contributed by atoms with Gasteiger partial charge in [-0.2, -0.15) is 9.78 Å². The molecule has 0 aliphatic carbocycles. The van der Waals surface area contributed by atoms with Crippen LogP contribution in [-0.2, 0) is 11.3 Å². The predicted molar refractivity (Wildman–Crippen MR) is 110 cm³/mol. The third-order valence-corrected chi connectivity index (χ3v) is 4.95. The highest BCUT2D eigenvalue weighted by atomic mass is 19.1. The van der Waals surface area contributed by atoms with Gasteiger partial charge in [0.1, 0.15) is 12.4 Å². The molecule has 0 saturated carbocycles. The number of halogens is 1. The van der Waals surface area contributed by atoms with E-state index in [9.17, 15) is 14.0 Å². The molecule has 7 heteroatoms. The molecule has 0 aliphatic heterocycles. The first-order chi connectivity index (χ1) is 14.0. The van der Waals surface area contributed by atoms with Crippen LogP contribution in [0.25, 0.3) is 16.5 Å². The SMILES string of the molecule is Cc1c2cnn(-c3ccccc3)c(=O)c2c(C)n1CC(=O)Nc1cccc(F)c1. The van der Waals surface area contributed by atoms with Crippen molar-refractivity contribution in [3.8, 4) is 5.69 Å². The van der Waals surface area contributed by atoms with E-state index in [0.29, 0.717) is 27.8 Å². The van der Waals surface area contributed by atoms with Gasteiger partial charge in [-0.15, -0.1) is 0 Å². The number of aryl methyl sites for hydroxylation is 2. The van der Waals surface area contributed by atoms with Crippen molar-refractivity contribution in [3.05, 3.63) is 88.4 Å². The number of fused-ring (bicyclic) bond motifs is 1. The summed E-state index contributed by atoms with van der Waals surface area (Å²) >= 11 is 0. The largest absolute Gasteiger partial charge is 0.338 e. The highest BCUT2D eigenvalue weighted by Gasteiger charge is 2.18. The second-order valence-corrected chi connectivity index (χ2v) is 6.80. The number of carbonyl (C=O) groups is 1. The quantitative estimate of drug-likeness (QED) is 0.579. The summed E-state index contributed by atoms with van der Waals surface area (Å²) in [4.78, 5) is 25.6. The first kappa shape index (κ1) is 18.6. The van der Waals surface area contributed by atoms with E-state index in [4.69, 9.17) is 0 Å². The standard InChI is InChI=1S/C22H19FN4O2/c1-14-19-12-24-27(18-9-4-3-5-10-18)22(29)21(19)15(2)26(14)13-20(28)25-17-8-6-7-16(23)11-17/h3-12H,13H2,1-2H3,(H,25,28). The van der Waals surface area contributed by atoms with Crippen LogP contribution in [0.2, 0.25) is 0 Å². The highest BCUT2D eigenvalue weighted by molar-refractivity contribution is 5.92. The van der Waals surface area contributed by atoms with Crippen LogP contribution in [0.4, 0.5) is 10.1 Å². The molecule has 2 aromatic carbocycles. The van der Waals surface area contributed by atoms with Crippen molar-refractivity contribution in [1.29, 1.82) is 0 Å². The maximum Gasteiger partial charge on any atom is 0.281 e. The molecular weight excluding hydrogens is 371 g/mol. The van der Waals surface area contributed by atoms with Gasteiger partial charge in [0, 0.05) is 22.5 Å². The fourth-order valence-electron chi connectivity index (χ4n) is 3.51. The summed E-state index contributed by atoms with van der Waals surface area (Å²) in [6.45, 7) is 3.66. The van der Waals surface area contributed by atoms with Crippen LogP contribution < -0.4 is 10.9 Å². The average molecular weight is 390 g/mol. The Kier molecular flexibility index (Phi) is 4.72. The molecule has 1 amide bonds. The van der Waals surface area contributed by atoms with Gasteiger partial charge in [0.05, 0.1) is 17.3 Å². The fourth-order valence-corrected chi connectivity index (χ4v) is 3.51. The zero-order valence-electron chi connectivity index (χ0n) is 16.0. The van der Waals surface area contributed by atoms with E-state index >= 15 is 0 Å². The zero-order chi connectivity index (χ0) is 20.5. The van der Waals surface area contributed by atoms with Crippen LogP contribution in [0, 0.1) is 19.7 Å². The van der Waals surface area contributed by atoms with Crippen LogP contribution in [0.5, 0.6) is 0 Å². The predicted octanol–water partition coefficient (Wildman–Crippen LogP) is 3.58. The normalized spacial score (nSPS) is 11.0. The lowest BCUT2D eigenvalue weighted by molar-refractivity contribution is -0.116. The summed E-state index contributed by atoms with van der Waals surface area (Å²) in [5.41, 5.74) is 2.28. The number of nitrogens with one attached hydrogen (secondary N) is 1. The Morgan fingerprint density at radius 1 is 1.07 bits per heavy atom. The van der Waals surface area contributed by atoms with E-state index in [1.54, 1.807) is 16.8 Å². The van der Waals surface area contributed by atoms with Gasteiger partial charge in [0.2, 0.25) is 5.91 Å². The molecule has 29 heavy (non-hydrogen) atoms. The zero-order valence-corrected chi connectivity index (χ0v) is 16.0. The van der Waals surface area contributed by atoms with Gasteiger partial charge >= 0.3 is 0 Å². The molecule has 2 heterocycles. The number of carbonyl (C=O) groups excluding carboxylic acids is 1. The fraction of sp³-hybridized carbons (Fsp3) is 0.136. The molecule has 0 radical (unpaired) electrons. The van der Waals surface area contributed by atoms with Gasteiger partial charge in [-0.05, 0) is 44.2 Å². The van der Waals surface area contributed by atoms with Crippen LogP contribution in [0.1, 0.15) is 11.4 Å². The molecule has 0 aliphatic rings. The number of para-hydroxylation sites is 1. The van der Waals surface area contributed by atoms with Crippen molar-refractivity contribution in [3.63, 3.8) is 0 Å². The number of hydrogen-bond acceptors (Lipinski definition) is 3. The van der Waals surface area contributed by atoms with Crippen molar-refractivity contribution < 1.29 is 9.18 Å². The molecule has 0 spiro atoms. The van der Waals surface area contributed by atoms with Crippen LogP contribution in [0.15, 0.2) is 65.6 Å². The monoisotopic (exact) mass is 390 g/mol. The molecule has 1 N–H and O–H groups in total. The number of nitrogens with zero attached hydrogens (tertiary/aromatic N) is 3. The summed E-state index contributed by atoms with van der Waals surface area (Å²) in [5, 5.41) is 8.21. The number of anilines is 1. The maximum absolute atomic E-state index is 13.3. The van der Waals surface area contributed by atoms with Crippen LogP contribution in [0.3, 0.4) is 0 Å². The molecule has 0 bridgehead atoms. The lowest BCUT2D eigenvalue weighted by Crippen LogP contribution is -2.22. The summed E-state index contributed by atoms with van der Waals surface area (Å²) in [6, 6.07) is 14.9. The Balaban J connectivity index is 1.71. The molecule has 146 valence electrons. The Morgan fingerprint density at radius 3 is 2.55 bits per heavy atom. The van der Waals surface area contributed by atoms with E-state index in [-0.39, 0.29) is 18.0 Å². The summed E-state index contributed by atoms with van der Waals surface area (Å²) < 4.78 is 16.5. The molecule has 4 aromatic rings. The van der Waals surface area contributed by atoms with E-state index in [1.807, 2.05) is 44.2 Å². The minimum atomic E-state index is -0.422. The Bertz CT molecular complexity index is 1280. The first-order valence-corrected chi connectivity index (χ1v) is 9.14. The van der Waals surface area contributed by atoms with Gasteiger partial charge in [-0.1, -0.05) is 24.3 Å². The van der Waals surface area contributed by atoms with Gasteiger partial charge in [0.15, 0.2) is 0 Å². The molecule has 0 unspecified atom stereocenters. The number of hydrogen-bond donors (Lipinski definition) is 1. The smallest absolute Gasteiger partial charge is 0.281 e. The average Bonchev–Trinajstić information content (AvgIpc) is 2.94. The lowest BCUT2D eigenvalue weighted by Gasteiger charge is -2.10. The van der Waals surface area contributed by atoms with Crippen LogP contribution in [-0.4, -0.2) is 20.3 Å². The van der Waals surface area contributed by atoms with Crippen molar-refractivity contribution in [2.75, 3.05) is 5.32 Å². The summed E-state index contributed by atoms with van der Waals surface area (Å²) in [7, 11) is 0. The van der Waals surface area contributed by atoms with Crippen molar-refractivity contribution in [2.45, 2.75) is 20.4 Å². The third kappa shape index (κ3) is 3.42. The van der Waals surface area contributed by atoms with Crippen molar-refractivity contribution in [2.24, 2.45) is 0 Å². The van der Waals surface area contributed by atoms with Gasteiger partial charge in [-0.3, -0.25) is 9.59 Å². The van der Waals surface area contributed by atoms with Gasteiger partial charge in [-0.25, -0.2) is 4.39 Å². The van der Waals surface area contributed by atoms with E-state index in [1.165, 1.54) is 22.9 Å². The minimum absolute atomic E-state index is 0.00758. The second kappa shape index (κ2) is 7.35. The topological polar surface area (TPSA) is 68.9 Å². The molecule has 2 aromatic heterocycles. The third-order valence-electron chi connectivity index (χ3n) is 4.95. The van der Waals surface area contributed by atoms with Gasteiger partial charge < -0.3 is 9.88 Å². The van der Waals surface area contributed by atoms with Crippen molar-refractivity contribution >= 4 is 22.4 Å². The Morgan fingerprint density at radius 2 is 1.83 bits per heavy atom. The molecule has 0 saturated heterocycles. The molecule has 4 rings (SSSR count). The molecule has 0 atom stereocenters. The Hall–Kier alpha value is -3.74. The van der Waals surface area contributed by atoms with Crippen molar-refractivity contribution in [1.82, 2.24) is 14.3 Å². The van der Waals surface area contributed by atoms with E-state index in [2.05, 4.69) is 10.4 Å². The van der Waals surface area contributed by atoms with E-state index < -0.39 is 5.82 Å². The molecule has 6 nitrogen and oxygen atoms in total. The Labute approximate surface area is 166 Å². The van der Waals surface area contributed by atoms with E-state index in [0.717, 1.165) is 5.69 Å². The van der Waals surface area contributed by atoms with Crippen LogP contribution >= 0.6 is 0 Å².